The van der Waals surface area contributed by atoms with Crippen LogP contribution in [0.2, 0.25) is 0 Å². The van der Waals surface area contributed by atoms with Crippen LogP contribution < -0.4 is 5.32 Å². The van der Waals surface area contributed by atoms with E-state index >= 15 is 0 Å². The Hall–Kier alpha value is -2.29. The van der Waals surface area contributed by atoms with Crippen LogP contribution in [0.3, 0.4) is 0 Å². The summed E-state index contributed by atoms with van der Waals surface area (Å²) in [5.41, 5.74) is -0.113. The normalized spacial score (nSPS) is 20.0. The fourth-order valence-corrected chi connectivity index (χ4v) is 1.15. The molecule has 16 heavy (non-hydrogen) atoms. The third kappa shape index (κ3) is 2.60. The molecule has 1 heterocycles. The molecule has 0 radical (unpaired) electrons. The highest BCUT2D eigenvalue weighted by molar-refractivity contribution is 5.97. The van der Waals surface area contributed by atoms with Crippen LogP contribution in [0.4, 0.5) is 0 Å². The van der Waals surface area contributed by atoms with Gasteiger partial charge in [-0.15, -0.1) is 0 Å². The third-order valence-electron chi connectivity index (χ3n) is 1.90. The molecule has 1 rings (SSSR count). The molecular formula is C10H10N2O4. The minimum absolute atomic E-state index is 0.113. The first-order valence-electron chi connectivity index (χ1n) is 4.52. The van der Waals surface area contributed by atoms with E-state index in [4.69, 9.17) is 15.1 Å². The molecule has 0 saturated carbocycles. The van der Waals surface area contributed by atoms with Gasteiger partial charge in [-0.2, -0.15) is 5.26 Å². The maximum absolute atomic E-state index is 11.5. The third-order valence-corrected chi connectivity index (χ3v) is 1.90. The van der Waals surface area contributed by atoms with Gasteiger partial charge in [-0.05, 0) is 25.3 Å². The maximum atomic E-state index is 11.5. The van der Waals surface area contributed by atoms with E-state index in [1.807, 2.05) is 0 Å². The first-order chi connectivity index (χ1) is 7.56. The van der Waals surface area contributed by atoms with Crippen molar-refractivity contribution in [2.75, 3.05) is 0 Å². The van der Waals surface area contributed by atoms with Gasteiger partial charge in [-0.25, -0.2) is 9.59 Å². The number of nitriles is 1. The molecule has 2 unspecified atom stereocenters. The summed E-state index contributed by atoms with van der Waals surface area (Å²) in [6.07, 6.45) is 3.31. The van der Waals surface area contributed by atoms with Gasteiger partial charge >= 0.3 is 11.9 Å². The molecule has 1 aliphatic heterocycles. The molecule has 1 aliphatic rings. The van der Waals surface area contributed by atoms with Crippen LogP contribution in [0, 0.1) is 11.3 Å². The van der Waals surface area contributed by atoms with E-state index in [0.29, 0.717) is 0 Å². The smallest absolute Gasteiger partial charge is 0.334 e. The SMILES string of the molecule is CC(C#N)OC(=O)C1NC=CC=C1C(=O)O. The van der Waals surface area contributed by atoms with E-state index in [2.05, 4.69) is 5.32 Å². The van der Waals surface area contributed by atoms with Crippen LogP contribution >= 0.6 is 0 Å². The van der Waals surface area contributed by atoms with Crippen LogP contribution in [0.1, 0.15) is 6.92 Å². The van der Waals surface area contributed by atoms with E-state index < -0.39 is 24.1 Å². The standard InChI is InChI=1S/C10H10N2O4/c1-6(5-11)16-10(15)8-7(9(13)14)3-2-4-12-8/h2-4,6,8,12H,1H3,(H,13,14). The Kier molecular flexibility index (Phi) is 3.67. The predicted octanol–water partition coefficient (Wildman–Crippen LogP) is -0.0618. The van der Waals surface area contributed by atoms with Crippen molar-refractivity contribution in [1.29, 1.82) is 5.26 Å². The van der Waals surface area contributed by atoms with Crippen molar-refractivity contribution in [1.82, 2.24) is 5.32 Å². The number of ether oxygens (including phenoxy) is 1. The highest BCUT2D eigenvalue weighted by Crippen LogP contribution is 2.10. The molecule has 0 aromatic carbocycles. The summed E-state index contributed by atoms with van der Waals surface area (Å²) >= 11 is 0. The number of dihydropyridines is 1. The first kappa shape index (κ1) is 11.8. The highest BCUT2D eigenvalue weighted by Gasteiger charge is 2.30. The number of nitrogens with zero attached hydrogens (tertiary/aromatic N) is 1. The summed E-state index contributed by atoms with van der Waals surface area (Å²) in [6.45, 7) is 1.40. The van der Waals surface area contributed by atoms with Gasteiger partial charge in [-0.3, -0.25) is 0 Å². The quantitative estimate of drug-likeness (QED) is 0.649. The lowest BCUT2D eigenvalue weighted by atomic mass is 10.1. The lowest BCUT2D eigenvalue weighted by molar-refractivity contribution is -0.149. The molecule has 0 bridgehead atoms. The number of esters is 1. The van der Waals surface area contributed by atoms with Crippen molar-refractivity contribution in [3.05, 3.63) is 23.9 Å². The van der Waals surface area contributed by atoms with Crippen LogP contribution in [0.25, 0.3) is 0 Å². The van der Waals surface area contributed by atoms with Gasteiger partial charge in [0.1, 0.15) is 6.07 Å². The maximum Gasteiger partial charge on any atom is 0.334 e. The second-order valence-electron chi connectivity index (χ2n) is 3.09. The van der Waals surface area contributed by atoms with Crippen molar-refractivity contribution in [3.8, 4) is 6.07 Å². The molecule has 0 aliphatic carbocycles. The summed E-state index contributed by atoms with van der Waals surface area (Å²) in [5, 5.41) is 19.9. The molecule has 0 aromatic heterocycles. The first-order valence-corrected chi connectivity index (χ1v) is 4.52. The van der Waals surface area contributed by atoms with Crippen LogP contribution in [-0.4, -0.2) is 29.2 Å². The summed E-state index contributed by atoms with van der Waals surface area (Å²) in [5.74, 6) is -1.99. The number of nitrogens with one attached hydrogen (secondary N) is 1. The van der Waals surface area contributed by atoms with Gasteiger partial charge in [0.05, 0.1) is 5.57 Å². The fourth-order valence-electron chi connectivity index (χ4n) is 1.15. The van der Waals surface area contributed by atoms with Crippen molar-refractivity contribution in [3.63, 3.8) is 0 Å². The lowest BCUT2D eigenvalue weighted by Gasteiger charge is -2.19. The molecule has 0 saturated heterocycles. The van der Waals surface area contributed by atoms with E-state index in [9.17, 15) is 9.59 Å². The number of hydrogen-bond donors (Lipinski definition) is 2. The van der Waals surface area contributed by atoms with Gasteiger partial charge in [-0.1, -0.05) is 0 Å². The van der Waals surface area contributed by atoms with E-state index in [0.717, 1.165) is 0 Å². The number of allylic oxidation sites excluding steroid dienone is 2. The number of rotatable bonds is 3. The van der Waals surface area contributed by atoms with E-state index in [1.54, 1.807) is 6.07 Å². The Morgan fingerprint density at radius 1 is 1.69 bits per heavy atom. The van der Waals surface area contributed by atoms with Crippen LogP contribution in [0.5, 0.6) is 0 Å². The second kappa shape index (κ2) is 4.98. The zero-order chi connectivity index (χ0) is 12.1. The Balaban J connectivity index is 2.77. The molecule has 0 amide bonds. The number of hydrogen-bond acceptors (Lipinski definition) is 5. The van der Waals surface area contributed by atoms with E-state index in [-0.39, 0.29) is 5.57 Å². The zero-order valence-electron chi connectivity index (χ0n) is 8.51. The molecule has 0 aromatic rings. The van der Waals surface area contributed by atoms with Crippen molar-refractivity contribution >= 4 is 11.9 Å². The number of carboxylic acid groups (broad SMARTS) is 1. The number of aliphatic carboxylic acids is 1. The van der Waals surface area contributed by atoms with Gasteiger partial charge in [0, 0.05) is 0 Å². The summed E-state index contributed by atoms with van der Waals surface area (Å²) < 4.78 is 4.72. The lowest BCUT2D eigenvalue weighted by Crippen LogP contribution is -2.41. The molecule has 0 fully saturated rings. The van der Waals surface area contributed by atoms with Crippen molar-refractivity contribution in [2.45, 2.75) is 19.1 Å². The van der Waals surface area contributed by atoms with Crippen molar-refractivity contribution < 1.29 is 19.4 Å². The molecule has 6 nitrogen and oxygen atoms in total. The largest absolute Gasteiger partial charge is 0.478 e. The zero-order valence-corrected chi connectivity index (χ0v) is 8.51. The Morgan fingerprint density at radius 3 is 2.94 bits per heavy atom. The van der Waals surface area contributed by atoms with Crippen LogP contribution in [-0.2, 0) is 14.3 Å². The number of carbonyl (C=O) groups excluding carboxylic acids is 1. The average Bonchev–Trinajstić information content (AvgIpc) is 2.28. The van der Waals surface area contributed by atoms with E-state index in [1.165, 1.54) is 25.3 Å². The highest BCUT2D eigenvalue weighted by atomic mass is 16.5. The van der Waals surface area contributed by atoms with Crippen LogP contribution in [0.15, 0.2) is 23.9 Å². The minimum Gasteiger partial charge on any atom is -0.478 e. The summed E-state index contributed by atoms with van der Waals surface area (Å²) in [7, 11) is 0. The summed E-state index contributed by atoms with van der Waals surface area (Å²) in [4.78, 5) is 22.3. The molecule has 6 heteroatoms. The summed E-state index contributed by atoms with van der Waals surface area (Å²) in [6, 6.07) is 0.652. The Morgan fingerprint density at radius 2 is 2.38 bits per heavy atom. The van der Waals surface area contributed by atoms with Gasteiger partial charge in [0.2, 0.25) is 0 Å². The van der Waals surface area contributed by atoms with Gasteiger partial charge in [0.25, 0.3) is 0 Å². The minimum atomic E-state index is -1.21. The Labute approximate surface area is 91.8 Å². The molecular weight excluding hydrogens is 212 g/mol. The average molecular weight is 222 g/mol. The molecule has 84 valence electrons. The predicted molar refractivity (Wildman–Crippen MR) is 52.9 cm³/mol. The molecule has 2 N–H and O–H groups in total. The monoisotopic (exact) mass is 222 g/mol. The molecule has 2 atom stereocenters. The Bertz CT molecular complexity index is 406. The fraction of sp³-hybridized carbons (Fsp3) is 0.300. The van der Waals surface area contributed by atoms with Gasteiger partial charge in [0.15, 0.2) is 12.1 Å². The molecule has 0 spiro atoms. The topological polar surface area (TPSA) is 99.4 Å². The van der Waals surface area contributed by atoms with Gasteiger partial charge < -0.3 is 15.2 Å². The number of carbonyl (C=O) groups is 2. The van der Waals surface area contributed by atoms with Crippen molar-refractivity contribution in [2.24, 2.45) is 0 Å². The second-order valence-corrected chi connectivity index (χ2v) is 3.09. The number of carboxylic acids is 1.